The highest BCUT2D eigenvalue weighted by Gasteiger charge is 2.26. The molecule has 0 aliphatic rings. The Bertz CT molecular complexity index is 2990. The van der Waals surface area contributed by atoms with Gasteiger partial charge in [0.15, 0.2) is 39.7 Å². The Kier molecular flexibility index (Phi) is 10.9. The number of fused-ring (bicyclic) bond motifs is 2. The Balaban J connectivity index is 0.000000213. The summed E-state index contributed by atoms with van der Waals surface area (Å²) in [6.45, 7) is 1.28. The highest BCUT2D eigenvalue weighted by atomic mass is 35.5. The predicted molar refractivity (Wildman–Crippen MR) is 214 cm³/mol. The van der Waals surface area contributed by atoms with E-state index in [1.54, 1.807) is 14.1 Å². The zero-order valence-corrected chi connectivity index (χ0v) is 32.9. The van der Waals surface area contributed by atoms with E-state index in [-0.39, 0.29) is 76.9 Å². The average Bonchev–Trinajstić information content (AvgIpc) is 4.04. The molecule has 0 amide bonds. The second kappa shape index (κ2) is 17.8. The summed E-state index contributed by atoms with van der Waals surface area (Å²) in [5.41, 5.74) is -2.07. The highest BCUT2D eigenvalue weighted by Crippen LogP contribution is 2.33. The van der Waals surface area contributed by atoms with Gasteiger partial charge in [0.2, 0.25) is 5.88 Å². The SMILES string of the molecule is C.Cn1ncnc1CO.[2H]C([2H])([2H])C(C)(C)c1cc2nnc(-c3cc(F)ccc3F)n2nc1Cl.[2H]C([2H])([2H])C(C)(C)c1cc2nnc(-c3cc(F)ccc3F)n2nc1OCc1ncnn1C. The van der Waals surface area contributed by atoms with Crippen LogP contribution in [0.4, 0.5) is 17.6 Å². The van der Waals surface area contributed by atoms with Crippen molar-refractivity contribution in [3.63, 3.8) is 0 Å². The molecule has 8 aromatic rings. The van der Waals surface area contributed by atoms with Crippen LogP contribution in [0, 0.1) is 23.3 Å². The van der Waals surface area contributed by atoms with E-state index < -0.39 is 47.8 Å². The molecule has 0 fully saturated rings. The quantitative estimate of drug-likeness (QED) is 0.169. The summed E-state index contributed by atoms with van der Waals surface area (Å²) < 4.78 is 114. The Morgan fingerprint density at radius 1 is 0.700 bits per heavy atom. The number of aliphatic hydroxyl groups excluding tert-OH is 1. The molecule has 0 unspecified atom stereocenters. The maximum Gasteiger partial charge on any atom is 0.236 e. The summed E-state index contributed by atoms with van der Waals surface area (Å²) in [5, 5.41) is 40.2. The van der Waals surface area contributed by atoms with Crippen molar-refractivity contribution in [3.8, 4) is 28.7 Å². The molecule has 0 aliphatic carbocycles. The molecule has 0 aliphatic heterocycles. The first-order valence-corrected chi connectivity index (χ1v) is 17.7. The van der Waals surface area contributed by atoms with Crippen LogP contribution in [0.25, 0.3) is 34.1 Å². The fraction of sp³-hybridized carbons (Fsp3) is 0.333. The Labute approximate surface area is 355 Å². The van der Waals surface area contributed by atoms with Crippen LogP contribution in [0.15, 0.2) is 61.2 Å². The van der Waals surface area contributed by atoms with Gasteiger partial charge < -0.3 is 9.84 Å². The molecule has 2 aromatic carbocycles. The van der Waals surface area contributed by atoms with Crippen molar-refractivity contribution in [2.45, 2.75) is 72.9 Å². The number of aromatic nitrogens is 14. The van der Waals surface area contributed by atoms with Gasteiger partial charge in [-0.15, -0.1) is 25.5 Å². The van der Waals surface area contributed by atoms with E-state index in [0.29, 0.717) is 11.6 Å². The molecule has 6 aromatic heterocycles. The second-order valence-electron chi connectivity index (χ2n) is 13.8. The van der Waals surface area contributed by atoms with Crippen molar-refractivity contribution >= 4 is 22.9 Å². The molecule has 60 heavy (non-hydrogen) atoms. The van der Waals surface area contributed by atoms with Gasteiger partial charge >= 0.3 is 0 Å². The molecule has 0 saturated carbocycles. The number of aryl methyl sites for hydroxylation is 2. The number of aliphatic hydroxyl groups is 1. The van der Waals surface area contributed by atoms with E-state index in [2.05, 4.69) is 50.8 Å². The van der Waals surface area contributed by atoms with Gasteiger partial charge in [-0.1, -0.05) is 60.4 Å². The lowest BCUT2D eigenvalue weighted by Crippen LogP contribution is -2.17. The molecule has 0 bridgehead atoms. The van der Waals surface area contributed by atoms with Gasteiger partial charge in [0.25, 0.3) is 0 Å². The number of benzene rings is 2. The monoisotopic (exact) mass is 856 g/mol. The molecule has 0 saturated heterocycles. The van der Waals surface area contributed by atoms with Crippen LogP contribution in [-0.2, 0) is 38.1 Å². The van der Waals surface area contributed by atoms with Crippen LogP contribution in [0.2, 0.25) is 5.15 Å². The van der Waals surface area contributed by atoms with Crippen molar-refractivity contribution in [3.05, 3.63) is 112 Å². The molecule has 8 rings (SSSR count). The van der Waals surface area contributed by atoms with Crippen molar-refractivity contribution in [1.82, 2.24) is 69.2 Å². The van der Waals surface area contributed by atoms with Gasteiger partial charge in [-0.3, -0.25) is 9.36 Å². The number of hydrogen-bond donors (Lipinski definition) is 1. The van der Waals surface area contributed by atoms with E-state index in [9.17, 15) is 17.6 Å². The van der Waals surface area contributed by atoms with E-state index in [1.165, 1.54) is 66.4 Å². The van der Waals surface area contributed by atoms with Gasteiger partial charge in [0.05, 0.1) is 11.1 Å². The fourth-order valence-corrected chi connectivity index (χ4v) is 5.71. The van der Waals surface area contributed by atoms with Gasteiger partial charge in [-0.05, 0) is 59.4 Å². The molecule has 16 nitrogen and oxygen atoms in total. The van der Waals surface area contributed by atoms with Crippen molar-refractivity contribution in [2.75, 3.05) is 0 Å². The molecule has 0 atom stereocenters. The van der Waals surface area contributed by atoms with Crippen LogP contribution in [0.1, 0.15) is 79.8 Å². The smallest absolute Gasteiger partial charge is 0.236 e. The summed E-state index contributed by atoms with van der Waals surface area (Å²) in [5.74, 6) is -1.76. The van der Waals surface area contributed by atoms with Crippen LogP contribution in [0.3, 0.4) is 0 Å². The number of rotatable bonds is 6. The zero-order valence-electron chi connectivity index (χ0n) is 38.2. The van der Waals surface area contributed by atoms with E-state index in [0.717, 1.165) is 40.9 Å². The first kappa shape index (κ1) is 36.7. The second-order valence-corrected chi connectivity index (χ2v) is 14.2. The van der Waals surface area contributed by atoms with E-state index in [1.807, 2.05) is 0 Å². The first-order valence-electron chi connectivity index (χ1n) is 20.3. The molecule has 0 spiro atoms. The summed E-state index contributed by atoms with van der Waals surface area (Å²) in [6.07, 6.45) is 2.76. The minimum atomic E-state index is -2.40. The van der Waals surface area contributed by atoms with Crippen molar-refractivity contribution in [2.24, 2.45) is 14.1 Å². The fourth-order valence-electron chi connectivity index (χ4n) is 5.34. The largest absolute Gasteiger partial charge is 0.468 e. The molecule has 0 radical (unpaired) electrons. The summed E-state index contributed by atoms with van der Waals surface area (Å²) in [4.78, 5) is 7.81. The number of ether oxygens (including phenoxy) is 1. The summed E-state index contributed by atoms with van der Waals surface area (Å²) in [7, 11) is 3.42. The lowest BCUT2D eigenvalue weighted by molar-refractivity contribution is 0.265. The van der Waals surface area contributed by atoms with Gasteiger partial charge in [-0.2, -0.15) is 24.3 Å². The number of hydrogen-bond acceptors (Lipinski definition) is 12. The Morgan fingerprint density at radius 2 is 1.18 bits per heavy atom. The van der Waals surface area contributed by atoms with Crippen molar-refractivity contribution < 1.29 is 35.6 Å². The Morgan fingerprint density at radius 3 is 1.65 bits per heavy atom. The topological polar surface area (TPSA) is 177 Å². The maximum atomic E-state index is 14.4. The number of halogens is 5. The highest BCUT2D eigenvalue weighted by molar-refractivity contribution is 6.30. The van der Waals surface area contributed by atoms with Crippen LogP contribution in [0.5, 0.6) is 5.88 Å². The van der Waals surface area contributed by atoms with Gasteiger partial charge in [-0.25, -0.2) is 27.5 Å². The minimum Gasteiger partial charge on any atom is -0.468 e. The minimum absolute atomic E-state index is 0. The van der Waals surface area contributed by atoms with Crippen LogP contribution < -0.4 is 4.74 Å². The van der Waals surface area contributed by atoms with E-state index >= 15 is 0 Å². The third-order valence-corrected chi connectivity index (χ3v) is 8.76. The summed E-state index contributed by atoms with van der Waals surface area (Å²) >= 11 is 6.18. The molecular formula is C39H43ClF4N14O2. The molecular weight excluding hydrogens is 808 g/mol. The summed E-state index contributed by atoms with van der Waals surface area (Å²) in [6, 6.07) is 8.79. The molecule has 316 valence electrons. The lowest BCUT2D eigenvalue weighted by atomic mass is 9.88. The zero-order chi connectivity index (χ0) is 47.8. The van der Waals surface area contributed by atoms with E-state index in [4.69, 9.17) is 29.7 Å². The number of nitrogens with zero attached hydrogens (tertiary/aromatic N) is 14. The first-order chi connectivity index (χ1) is 30.3. The lowest BCUT2D eigenvalue weighted by Gasteiger charge is -2.21. The van der Waals surface area contributed by atoms with Crippen molar-refractivity contribution in [1.29, 1.82) is 0 Å². The van der Waals surface area contributed by atoms with Gasteiger partial charge in [0.1, 0.15) is 49.1 Å². The third-order valence-electron chi connectivity index (χ3n) is 8.48. The van der Waals surface area contributed by atoms with Crippen LogP contribution in [-0.4, -0.2) is 74.3 Å². The maximum absolute atomic E-state index is 14.4. The Hall–Kier alpha value is -6.41. The predicted octanol–water partition coefficient (Wildman–Crippen LogP) is 7.04. The average molecular weight is 857 g/mol. The normalized spacial score (nSPS) is 13.4. The van der Waals surface area contributed by atoms with Gasteiger partial charge in [0, 0.05) is 33.4 Å². The standard InChI is InChI=1S/C19H19F2N7O.C15H13ClF2N4.C4H7N3O.CH4/c1-19(2,3)13-8-15-24-25-17(12-7-11(20)5-6-14(12)21)28(15)26-18(13)29-9-16-22-10-23-27(16)4;1-15(2,3)10-7-12-19-20-14(22(12)21-13(10)16)9-6-8(17)4-5-11(9)18;1-7-4(2-8)5-3-6-7;/h5-8,10H,9H2,1-4H3;4-7H,1-3H3;3,8H,2H2,1H3;1H4/i2*1D3;;. The molecule has 1 N–H and O–H groups in total. The molecule has 6 heterocycles. The third kappa shape index (κ3) is 9.71. The van der Waals surface area contributed by atoms with Crippen LogP contribution >= 0.6 is 11.6 Å². The molecule has 21 heteroatoms.